The fourth-order valence-electron chi connectivity index (χ4n) is 1.87. The lowest BCUT2D eigenvalue weighted by Crippen LogP contribution is -2.10. The van der Waals surface area contributed by atoms with Crippen LogP contribution in [0, 0.1) is 5.92 Å². The maximum absolute atomic E-state index is 11.6. The molecule has 1 aliphatic carbocycles. The summed E-state index contributed by atoms with van der Waals surface area (Å²) in [6.07, 6.45) is 6.01. The van der Waals surface area contributed by atoms with Crippen LogP contribution in [0.3, 0.4) is 0 Å². The van der Waals surface area contributed by atoms with Crippen molar-refractivity contribution in [3.8, 4) is 0 Å². The van der Waals surface area contributed by atoms with Gasteiger partial charge in [0.1, 0.15) is 12.2 Å². The number of Topliss-reactive ketones (excluding diaryl/α,β-unsaturated/α-hetero) is 1. The highest BCUT2D eigenvalue weighted by atomic mass is 16.6. The fraction of sp³-hybridized carbons (Fsp3) is 0.357. The van der Waals surface area contributed by atoms with Crippen LogP contribution in [0.25, 0.3) is 6.08 Å². The predicted octanol–water partition coefficient (Wildman–Crippen LogP) is 2.45. The Bertz CT molecular complexity index is 418. The van der Waals surface area contributed by atoms with Crippen molar-refractivity contribution in [2.75, 3.05) is 0 Å². The summed E-state index contributed by atoms with van der Waals surface area (Å²) in [6, 6.07) is 10.1. The number of rotatable bonds is 4. The second-order valence-electron chi connectivity index (χ2n) is 4.47. The molecule has 2 aliphatic rings. The van der Waals surface area contributed by atoms with Crippen molar-refractivity contribution in [3.05, 3.63) is 42.0 Å². The Hall–Kier alpha value is -1.41. The number of epoxide rings is 1. The highest BCUT2D eigenvalue weighted by Gasteiger charge is 2.48. The molecule has 0 unspecified atom stereocenters. The van der Waals surface area contributed by atoms with Crippen LogP contribution in [-0.4, -0.2) is 18.0 Å². The van der Waals surface area contributed by atoms with Crippen LogP contribution in [0.5, 0.6) is 0 Å². The minimum absolute atomic E-state index is 0.0216. The normalized spacial score (nSPS) is 28.2. The summed E-state index contributed by atoms with van der Waals surface area (Å²) < 4.78 is 5.37. The topological polar surface area (TPSA) is 29.6 Å². The molecule has 16 heavy (non-hydrogen) atoms. The molecule has 0 N–H and O–H groups in total. The molecule has 0 radical (unpaired) electrons. The predicted molar refractivity (Wildman–Crippen MR) is 61.9 cm³/mol. The third-order valence-electron chi connectivity index (χ3n) is 3.06. The van der Waals surface area contributed by atoms with E-state index in [4.69, 9.17) is 4.74 Å². The van der Waals surface area contributed by atoms with Gasteiger partial charge < -0.3 is 4.74 Å². The Balaban J connectivity index is 1.57. The van der Waals surface area contributed by atoms with Crippen molar-refractivity contribution in [1.82, 2.24) is 0 Å². The van der Waals surface area contributed by atoms with Gasteiger partial charge in [0.2, 0.25) is 0 Å². The lowest BCUT2D eigenvalue weighted by Gasteiger charge is -1.90. The molecule has 1 saturated carbocycles. The van der Waals surface area contributed by atoms with Crippen molar-refractivity contribution in [3.63, 3.8) is 0 Å². The number of hydrogen-bond donors (Lipinski definition) is 0. The maximum atomic E-state index is 11.6. The lowest BCUT2D eigenvalue weighted by atomic mass is 10.1. The van der Waals surface area contributed by atoms with Crippen LogP contribution in [0.4, 0.5) is 0 Å². The Morgan fingerprint density at radius 2 is 2.00 bits per heavy atom. The summed E-state index contributed by atoms with van der Waals surface area (Å²) >= 11 is 0. The molecule has 1 saturated heterocycles. The molecule has 0 amide bonds. The van der Waals surface area contributed by atoms with Gasteiger partial charge in [0.25, 0.3) is 0 Å². The Morgan fingerprint density at radius 3 is 2.69 bits per heavy atom. The summed E-state index contributed by atoms with van der Waals surface area (Å²) in [5, 5.41) is 0. The van der Waals surface area contributed by atoms with E-state index >= 15 is 0 Å². The van der Waals surface area contributed by atoms with Gasteiger partial charge in [-0.15, -0.1) is 0 Å². The molecule has 2 atom stereocenters. The average molecular weight is 214 g/mol. The van der Waals surface area contributed by atoms with Crippen molar-refractivity contribution in [2.45, 2.75) is 25.0 Å². The molecule has 82 valence electrons. The van der Waals surface area contributed by atoms with Crippen molar-refractivity contribution >= 4 is 11.9 Å². The first-order valence-corrected chi connectivity index (χ1v) is 5.77. The molecule has 2 fully saturated rings. The first-order chi connectivity index (χ1) is 7.84. The van der Waals surface area contributed by atoms with E-state index in [2.05, 4.69) is 0 Å². The quantitative estimate of drug-likeness (QED) is 0.720. The van der Waals surface area contributed by atoms with E-state index < -0.39 is 0 Å². The first kappa shape index (κ1) is 9.79. The first-order valence-electron chi connectivity index (χ1n) is 5.77. The number of hydrogen-bond acceptors (Lipinski definition) is 2. The van der Waals surface area contributed by atoms with Crippen molar-refractivity contribution in [1.29, 1.82) is 0 Å². The molecule has 1 aromatic carbocycles. The van der Waals surface area contributed by atoms with E-state index in [0.717, 1.165) is 18.4 Å². The van der Waals surface area contributed by atoms with E-state index in [1.54, 1.807) is 0 Å². The number of ether oxygens (including phenoxy) is 1. The molecule has 1 heterocycles. The highest BCUT2D eigenvalue weighted by molar-refractivity contribution is 5.90. The zero-order chi connectivity index (χ0) is 11.0. The van der Waals surface area contributed by atoms with Gasteiger partial charge in [0, 0.05) is 5.92 Å². The zero-order valence-corrected chi connectivity index (χ0v) is 9.00. The zero-order valence-electron chi connectivity index (χ0n) is 9.00. The van der Waals surface area contributed by atoms with Gasteiger partial charge in [0.15, 0.2) is 5.78 Å². The van der Waals surface area contributed by atoms with Crippen molar-refractivity contribution in [2.24, 2.45) is 5.92 Å². The number of benzene rings is 1. The average Bonchev–Trinajstić information content (AvgIpc) is 3.19. The largest absolute Gasteiger partial charge is 0.357 e. The van der Waals surface area contributed by atoms with Crippen LogP contribution in [0.15, 0.2) is 36.4 Å². The molecule has 0 spiro atoms. The minimum Gasteiger partial charge on any atom is -0.357 e. The standard InChI is InChI=1S/C14H14O2/c15-13(11-7-8-11)14-12(16-14)9-6-10-4-2-1-3-5-10/h1-6,9,11-12,14H,7-8H2/b9-6+/t12-,14+/m1/s1. The molecule has 0 bridgehead atoms. The summed E-state index contributed by atoms with van der Waals surface area (Å²) in [5.41, 5.74) is 1.15. The van der Waals surface area contributed by atoms with Gasteiger partial charge in [-0.3, -0.25) is 4.79 Å². The lowest BCUT2D eigenvalue weighted by molar-refractivity contribution is -0.121. The molecule has 3 rings (SSSR count). The van der Waals surface area contributed by atoms with Gasteiger partial charge in [-0.2, -0.15) is 0 Å². The molecule has 1 aliphatic heterocycles. The third kappa shape index (κ3) is 2.07. The van der Waals surface area contributed by atoms with Gasteiger partial charge in [0.05, 0.1) is 0 Å². The SMILES string of the molecule is O=C(C1CC1)[C@H]1O[C@@H]1/C=C/c1ccccc1. The monoisotopic (exact) mass is 214 g/mol. The van der Waals surface area contributed by atoms with Crippen LogP contribution in [0.1, 0.15) is 18.4 Å². The summed E-state index contributed by atoms with van der Waals surface area (Å²) in [5.74, 6) is 0.614. The molecular weight excluding hydrogens is 200 g/mol. The third-order valence-corrected chi connectivity index (χ3v) is 3.06. The van der Waals surface area contributed by atoms with Crippen molar-refractivity contribution < 1.29 is 9.53 Å². The second kappa shape index (κ2) is 3.87. The highest BCUT2D eigenvalue weighted by Crippen LogP contribution is 2.37. The Labute approximate surface area is 94.9 Å². The number of carbonyl (C=O) groups is 1. The Morgan fingerprint density at radius 1 is 1.25 bits per heavy atom. The molecule has 0 aromatic heterocycles. The smallest absolute Gasteiger partial charge is 0.167 e. The van der Waals surface area contributed by atoms with Crippen LogP contribution in [-0.2, 0) is 9.53 Å². The van der Waals surface area contributed by atoms with Crippen LogP contribution < -0.4 is 0 Å². The summed E-state index contributed by atoms with van der Waals surface area (Å²) in [6.45, 7) is 0. The van der Waals surface area contributed by atoms with Crippen LogP contribution in [0.2, 0.25) is 0 Å². The van der Waals surface area contributed by atoms with Gasteiger partial charge >= 0.3 is 0 Å². The van der Waals surface area contributed by atoms with Gasteiger partial charge in [-0.1, -0.05) is 42.5 Å². The molecular formula is C14H14O2. The summed E-state index contributed by atoms with van der Waals surface area (Å²) in [4.78, 5) is 11.6. The van der Waals surface area contributed by atoms with Crippen LogP contribution >= 0.6 is 0 Å². The minimum atomic E-state index is -0.146. The van der Waals surface area contributed by atoms with Gasteiger partial charge in [-0.25, -0.2) is 0 Å². The number of ketones is 1. The second-order valence-corrected chi connectivity index (χ2v) is 4.47. The molecule has 2 nitrogen and oxygen atoms in total. The Kier molecular flexibility index (Phi) is 2.37. The van der Waals surface area contributed by atoms with Gasteiger partial charge in [-0.05, 0) is 18.4 Å². The van der Waals surface area contributed by atoms with E-state index in [0.29, 0.717) is 11.7 Å². The summed E-state index contributed by atoms with van der Waals surface area (Å²) in [7, 11) is 0. The fourth-order valence-corrected chi connectivity index (χ4v) is 1.87. The number of carbonyl (C=O) groups excluding carboxylic acids is 1. The molecule has 2 heteroatoms. The molecule has 1 aromatic rings. The maximum Gasteiger partial charge on any atom is 0.167 e. The van der Waals surface area contributed by atoms with E-state index in [9.17, 15) is 4.79 Å². The van der Waals surface area contributed by atoms with E-state index in [-0.39, 0.29) is 12.2 Å². The van der Waals surface area contributed by atoms with E-state index in [1.165, 1.54) is 0 Å². The van der Waals surface area contributed by atoms with E-state index in [1.807, 2.05) is 42.5 Å².